The van der Waals surface area contributed by atoms with Gasteiger partial charge in [0.25, 0.3) is 5.91 Å². The fourth-order valence-electron chi connectivity index (χ4n) is 2.52. The zero-order chi connectivity index (χ0) is 18.4. The fourth-order valence-corrected chi connectivity index (χ4v) is 3.67. The molecule has 0 spiro atoms. The van der Waals surface area contributed by atoms with Crippen LogP contribution in [0, 0.1) is 13.8 Å². The van der Waals surface area contributed by atoms with Crippen LogP contribution in [0.25, 0.3) is 0 Å². The van der Waals surface area contributed by atoms with Gasteiger partial charge in [0.2, 0.25) is 0 Å². The molecule has 2 aromatic rings. The number of amides is 1. The summed E-state index contributed by atoms with van der Waals surface area (Å²) in [6.07, 6.45) is 0.0907. The average Bonchev–Trinajstić information content (AvgIpc) is 2.57. The number of carboxylic acid groups (broad SMARTS) is 1. The van der Waals surface area contributed by atoms with E-state index in [1.54, 1.807) is 36.4 Å². The lowest BCUT2D eigenvalue weighted by atomic mass is 10.1. The lowest BCUT2D eigenvalue weighted by Crippen LogP contribution is -2.41. The van der Waals surface area contributed by atoms with Crippen molar-refractivity contribution in [2.75, 3.05) is 5.75 Å². The highest BCUT2D eigenvalue weighted by Crippen LogP contribution is 2.11. The number of aryl methyl sites for hydroxylation is 2. The maximum Gasteiger partial charge on any atom is 0.326 e. The van der Waals surface area contributed by atoms with Crippen LogP contribution in [0.1, 0.15) is 27.9 Å². The molecule has 0 aliphatic rings. The number of hydrogen-bond donors (Lipinski definition) is 2. The van der Waals surface area contributed by atoms with E-state index in [-0.39, 0.29) is 12.2 Å². The molecule has 0 unspecified atom stereocenters. The maximum atomic E-state index is 12.3. The van der Waals surface area contributed by atoms with E-state index in [9.17, 15) is 18.9 Å². The van der Waals surface area contributed by atoms with Crippen LogP contribution < -0.4 is 5.32 Å². The summed E-state index contributed by atoms with van der Waals surface area (Å²) in [4.78, 5) is 24.4. The highest BCUT2D eigenvalue weighted by atomic mass is 32.2. The molecular weight excluding hydrogens is 338 g/mol. The molecule has 0 bridgehead atoms. The van der Waals surface area contributed by atoms with Crippen molar-refractivity contribution in [1.29, 1.82) is 0 Å². The zero-order valence-electron chi connectivity index (χ0n) is 14.2. The van der Waals surface area contributed by atoms with E-state index in [0.717, 1.165) is 11.1 Å². The Labute approximate surface area is 149 Å². The number of rotatable bonds is 7. The molecule has 2 rings (SSSR count). The van der Waals surface area contributed by atoms with Crippen molar-refractivity contribution in [2.45, 2.75) is 31.2 Å². The van der Waals surface area contributed by atoms with Gasteiger partial charge in [0, 0.05) is 16.2 Å². The molecule has 5 nitrogen and oxygen atoms in total. The molecule has 0 saturated heterocycles. The first-order valence-electron chi connectivity index (χ1n) is 7.92. The normalized spacial score (nSPS) is 13.0. The van der Waals surface area contributed by atoms with Crippen LogP contribution in [0.2, 0.25) is 0 Å². The monoisotopic (exact) mass is 359 g/mol. The molecule has 2 aromatic carbocycles. The Morgan fingerprint density at radius 1 is 1.08 bits per heavy atom. The van der Waals surface area contributed by atoms with E-state index in [1.807, 2.05) is 26.0 Å². The zero-order valence-corrected chi connectivity index (χ0v) is 15.0. The summed E-state index contributed by atoms with van der Waals surface area (Å²) in [5.41, 5.74) is 2.29. The van der Waals surface area contributed by atoms with Crippen molar-refractivity contribution < 1.29 is 18.9 Å². The first-order valence-corrected chi connectivity index (χ1v) is 9.24. The number of benzene rings is 2. The van der Waals surface area contributed by atoms with E-state index >= 15 is 0 Å². The van der Waals surface area contributed by atoms with Crippen molar-refractivity contribution in [2.24, 2.45) is 0 Å². The van der Waals surface area contributed by atoms with E-state index in [2.05, 4.69) is 5.32 Å². The van der Waals surface area contributed by atoms with Gasteiger partial charge < -0.3 is 10.4 Å². The second-order valence-corrected chi connectivity index (χ2v) is 7.46. The van der Waals surface area contributed by atoms with Gasteiger partial charge in [-0.2, -0.15) is 0 Å². The third kappa shape index (κ3) is 5.53. The Kier molecular flexibility index (Phi) is 6.47. The molecule has 132 valence electrons. The summed E-state index contributed by atoms with van der Waals surface area (Å²) < 4.78 is 12.2. The standard InChI is InChI=1S/C19H21NO4S/c1-13-10-14(2)12-15(11-13)18(21)20-17(19(22)23)8-9-25(24)16-6-4-3-5-7-16/h3-7,10-12,17H,8-9H2,1-2H3,(H,20,21)(H,22,23)/t17-,25-/m0/s1. The third-order valence-electron chi connectivity index (χ3n) is 3.69. The minimum absolute atomic E-state index is 0.0907. The summed E-state index contributed by atoms with van der Waals surface area (Å²) in [6.45, 7) is 3.75. The number of nitrogens with one attached hydrogen (secondary N) is 1. The maximum absolute atomic E-state index is 12.3. The van der Waals surface area contributed by atoms with Gasteiger partial charge in [0.15, 0.2) is 0 Å². The lowest BCUT2D eigenvalue weighted by molar-refractivity contribution is -0.139. The van der Waals surface area contributed by atoms with Crippen molar-refractivity contribution in [3.63, 3.8) is 0 Å². The summed E-state index contributed by atoms with van der Waals surface area (Å²) >= 11 is 0. The van der Waals surface area contributed by atoms with Crippen LogP contribution in [-0.4, -0.2) is 33.0 Å². The summed E-state index contributed by atoms with van der Waals surface area (Å²) in [6, 6.07) is 13.1. The van der Waals surface area contributed by atoms with Gasteiger partial charge in [0.1, 0.15) is 6.04 Å². The first-order chi connectivity index (χ1) is 11.9. The Morgan fingerprint density at radius 2 is 1.68 bits per heavy atom. The largest absolute Gasteiger partial charge is 0.480 e. The molecular formula is C19H21NO4S. The number of hydrogen-bond acceptors (Lipinski definition) is 3. The number of aliphatic carboxylic acids is 1. The SMILES string of the molecule is Cc1cc(C)cc(C(=O)N[C@@H](CC[S@](=O)c2ccccc2)C(=O)O)c1. The third-order valence-corrected chi connectivity index (χ3v) is 5.09. The Morgan fingerprint density at radius 3 is 2.24 bits per heavy atom. The van der Waals surface area contributed by atoms with E-state index < -0.39 is 28.7 Å². The topological polar surface area (TPSA) is 83.5 Å². The van der Waals surface area contributed by atoms with Gasteiger partial charge in [-0.25, -0.2) is 4.79 Å². The van der Waals surface area contributed by atoms with Gasteiger partial charge in [-0.15, -0.1) is 0 Å². The van der Waals surface area contributed by atoms with Crippen molar-refractivity contribution >= 4 is 22.7 Å². The van der Waals surface area contributed by atoms with Gasteiger partial charge in [-0.3, -0.25) is 9.00 Å². The molecule has 2 N–H and O–H groups in total. The molecule has 25 heavy (non-hydrogen) atoms. The minimum Gasteiger partial charge on any atom is -0.480 e. The van der Waals surface area contributed by atoms with E-state index in [4.69, 9.17) is 0 Å². The molecule has 6 heteroatoms. The summed E-state index contributed by atoms with van der Waals surface area (Å²) in [5, 5.41) is 11.9. The smallest absolute Gasteiger partial charge is 0.326 e. The molecule has 0 aliphatic carbocycles. The fraction of sp³-hybridized carbons (Fsp3) is 0.263. The Balaban J connectivity index is 2.02. The summed E-state index contributed by atoms with van der Waals surface area (Å²) in [5.74, 6) is -1.42. The van der Waals surface area contributed by atoms with E-state index in [1.165, 1.54) is 0 Å². The van der Waals surface area contributed by atoms with Gasteiger partial charge in [-0.1, -0.05) is 35.4 Å². The van der Waals surface area contributed by atoms with Crippen molar-refractivity contribution in [3.05, 3.63) is 65.2 Å². The number of carbonyl (C=O) groups excluding carboxylic acids is 1. The molecule has 2 atom stereocenters. The van der Waals surface area contributed by atoms with Crippen LogP contribution in [0.4, 0.5) is 0 Å². The molecule has 0 fully saturated rings. The van der Waals surface area contributed by atoms with E-state index in [0.29, 0.717) is 10.5 Å². The molecule has 0 saturated carbocycles. The summed E-state index contributed by atoms with van der Waals surface area (Å²) in [7, 11) is -1.30. The van der Waals surface area contributed by atoms with Crippen LogP contribution in [0.3, 0.4) is 0 Å². The molecule has 0 heterocycles. The second-order valence-electron chi connectivity index (χ2n) is 5.89. The van der Waals surface area contributed by atoms with Crippen molar-refractivity contribution in [1.82, 2.24) is 5.32 Å². The molecule has 0 radical (unpaired) electrons. The van der Waals surface area contributed by atoms with Crippen LogP contribution in [-0.2, 0) is 15.6 Å². The Bertz CT molecular complexity index is 769. The van der Waals surface area contributed by atoms with Crippen LogP contribution in [0.5, 0.6) is 0 Å². The van der Waals surface area contributed by atoms with Gasteiger partial charge in [0.05, 0.1) is 10.8 Å². The second kappa shape index (κ2) is 8.58. The predicted octanol–water partition coefficient (Wildman–Crippen LogP) is 2.68. The van der Waals surface area contributed by atoms with Gasteiger partial charge in [-0.05, 0) is 44.5 Å². The highest BCUT2D eigenvalue weighted by molar-refractivity contribution is 7.85. The Hall–Kier alpha value is -2.47. The predicted molar refractivity (Wildman–Crippen MR) is 97.1 cm³/mol. The first kappa shape index (κ1) is 18.9. The highest BCUT2D eigenvalue weighted by Gasteiger charge is 2.22. The molecule has 0 aliphatic heterocycles. The molecule has 0 aromatic heterocycles. The van der Waals surface area contributed by atoms with Crippen LogP contribution in [0.15, 0.2) is 53.4 Å². The minimum atomic E-state index is -1.30. The van der Waals surface area contributed by atoms with Gasteiger partial charge >= 0.3 is 5.97 Å². The quantitative estimate of drug-likeness (QED) is 0.796. The number of carbonyl (C=O) groups is 2. The molecule has 1 amide bonds. The lowest BCUT2D eigenvalue weighted by Gasteiger charge is -2.15. The number of carboxylic acids is 1. The van der Waals surface area contributed by atoms with Crippen molar-refractivity contribution in [3.8, 4) is 0 Å². The average molecular weight is 359 g/mol. The van der Waals surface area contributed by atoms with Crippen LogP contribution >= 0.6 is 0 Å².